The average molecular weight is 369 g/mol. The number of carbonyl (C=O) groups is 2. The third kappa shape index (κ3) is 12.6. The van der Waals surface area contributed by atoms with Crippen LogP contribution in [0.25, 0.3) is 0 Å². The summed E-state index contributed by atoms with van der Waals surface area (Å²) in [6.45, 7) is 3.63. The third-order valence-corrected chi connectivity index (χ3v) is 5.12. The lowest BCUT2D eigenvalue weighted by atomic mass is 10.2. The van der Waals surface area contributed by atoms with Crippen LogP contribution < -0.4 is 0 Å². The van der Waals surface area contributed by atoms with Crippen molar-refractivity contribution in [1.82, 2.24) is 0 Å². The van der Waals surface area contributed by atoms with E-state index in [-0.39, 0.29) is 42.0 Å². The third-order valence-electron chi connectivity index (χ3n) is 3.07. The van der Waals surface area contributed by atoms with Crippen molar-refractivity contribution in [1.29, 1.82) is 0 Å². The van der Waals surface area contributed by atoms with E-state index in [9.17, 15) is 9.59 Å². The van der Waals surface area contributed by atoms with Gasteiger partial charge in [-0.05, 0) is 12.8 Å². The molecule has 0 heterocycles. The molecule has 0 radical (unpaired) electrons. The van der Waals surface area contributed by atoms with Crippen molar-refractivity contribution in [2.75, 3.05) is 18.7 Å². The van der Waals surface area contributed by atoms with E-state index < -0.39 is 11.9 Å². The molecule has 0 aromatic carbocycles. The molecule has 0 aromatic rings. The van der Waals surface area contributed by atoms with Crippen molar-refractivity contribution in [3.8, 4) is 0 Å². The van der Waals surface area contributed by atoms with E-state index in [2.05, 4.69) is 0 Å². The zero-order chi connectivity index (χ0) is 17.5. The Bertz CT molecular complexity index is 285. The molecule has 0 rings (SSSR count). The van der Waals surface area contributed by atoms with E-state index in [0.717, 1.165) is 25.7 Å². The molecule has 0 amide bonds. The zero-order valence-electron chi connectivity index (χ0n) is 13.9. The summed E-state index contributed by atoms with van der Waals surface area (Å²) in [5, 5.41) is 17.9. The van der Waals surface area contributed by atoms with Gasteiger partial charge in [-0.2, -0.15) is 0 Å². The molecule has 0 saturated heterocycles. The zero-order valence-corrected chi connectivity index (χ0v) is 15.5. The van der Waals surface area contributed by atoms with Crippen LogP contribution in [0, 0.1) is 0 Å². The lowest BCUT2D eigenvalue weighted by molar-refractivity contribution is -0.167. The number of ether oxygens (including phenoxy) is 2. The first-order valence-electron chi connectivity index (χ1n) is 7.83. The standard InChI is InChI=1S/C15H28O6S2/c1-3-5-12(22-9-16)7-14(18)20-11-21-15(19)8-13(6-4-2)23-10-17/h12-13,16-17H,3-11H2,1-2H3. The van der Waals surface area contributed by atoms with Gasteiger partial charge >= 0.3 is 11.9 Å². The second kappa shape index (κ2) is 15.1. The van der Waals surface area contributed by atoms with Gasteiger partial charge in [-0.1, -0.05) is 26.7 Å². The molecular formula is C15H28O6S2. The minimum Gasteiger partial charge on any atom is -0.428 e. The van der Waals surface area contributed by atoms with E-state index in [1.54, 1.807) is 0 Å². The van der Waals surface area contributed by atoms with E-state index in [1.165, 1.54) is 23.5 Å². The molecule has 0 aromatic heterocycles. The number of thioether (sulfide) groups is 2. The Labute approximate surface area is 146 Å². The van der Waals surface area contributed by atoms with Gasteiger partial charge in [0.1, 0.15) is 0 Å². The van der Waals surface area contributed by atoms with E-state index in [4.69, 9.17) is 19.7 Å². The Morgan fingerprint density at radius 1 is 0.870 bits per heavy atom. The van der Waals surface area contributed by atoms with E-state index in [1.807, 2.05) is 13.8 Å². The molecule has 23 heavy (non-hydrogen) atoms. The van der Waals surface area contributed by atoms with Crippen LogP contribution in [0.5, 0.6) is 0 Å². The summed E-state index contributed by atoms with van der Waals surface area (Å²) in [5.74, 6) is -0.943. The minimum absolute atomic E-state index is 0.0168. The Morgan fingerprint density at radius 2 is 1.26 bits per heavy atom. The highest BCUT2D eigenvalue weighted by Crippen LogP contribution is 2.20. The first-order chi connectivity index (χ1) is 11.1. The van der Waals surface area contributed by atoms with Gasteiger partial charge < -0.3 is 19.7 Å². The van der Waals surface area contributed by atoms with Crippen LogP contribution in [0.2, 0.25) is 0 Å². The first-order valence-corrected chi connectivity index (χ1v) is 9.93. The largest absolute Gasteiger partial charge is 0.428 e. The smallest absolute Gasteiger partial charge is 0.309 e. The Morgan fingerprint density at radius 3 is 1.57 bits per heavy atom. The lowest BCUT2D eigenvalue weighted by Crippen LogP contribution is -2.19. The first kappa shape index (κ1) is 22.6. The van der Waals surface area contributed by atoms with Gasteiger partial charge in [-0.25, -0.2) is 0 Å². The van der Waals surface area contributed by atoms with Crippen molar-refractivity contribution in [3.05, 3.63) is 0 Å². The molecule has 2 unspecified atom stereocenters. The number of hydrogen-bond donors (Lipinski definition) is 2. The number of hydrogen-bond acceptors (Lipinski definition) is 8. The number of aliphatic hydroxyl groups is 2. The van der Waals surface area contributed by atoms with Crippen molar-refractivity contribution < 1.29 is 29.3 Å². The molecule has 0 bridgehead atoms. The quantitative estimate of drug-likeness (QED) is 0.357. The molecule has 0 aliphatic rings. The van der Waals surface area contributed by atoms with Crippen LogP contribution in [0.15, 0.2) is 0 Å². The fourth-order valence-electron chi connectivity index (χ4n) is 1.99. The van der Waals surface area contributed by atoms with E-state index >= 15 is 0 Å². The number of aliphatic hydroxyl groups excluding tert-OH is 2. The summed E-state index contributed by atoms with van der Waals surface area (Å²) in [6.07, 6.45) is 3.85. The number of esters is 2. The molecule has 0 fully saturated rings. The van der Waals surface area contributed by atoms with E-state index in [0.29, 0.717) is 0 Å². The fraction of sp³-hybridized carbons (Fsp3) is 0.867. The summed E-state index contributed by atoms with van der Waals surface area (Å²) in [4.78, 5) is 23.3. The van der Waals surface area contributed by atoms with Crippen LogP contribution in [0.4, 0.5) is 0 Å². The Hall–Kier alpha value is -0.440. The maximum Gasteiger partial charge on any atom is 0.309 e. The molecule has 0 spiro atoms. The summed E-state index contributed by atoms with van der Waals surface area (Å²) in [6, 6.07) is 0. The maximum absolute atomic E-state index is 11.7. The average Bonchev–Trinajstić information content (AvgIpc) is 2.48. The van der Waals surface area contributed by atoms with Crippen LogP contribution in [0.3, 0.4) is 0 Å². The highest BCUT2D eigenvalue weighted by molar-refractivity contribution is 7.99. The van der Waals surface area contributed by atoms with Gasteiger partial charge in [0.15, 0.2) is 0 Å². The summed E-state index contributed by atoms with van der Waals surface area (Å²) >= 11 is 2.62. The van der Waals surface area contributed by atoms with Crippen molar-refractivity contribution in [2.24, 2.45) is 0 Å². The van der Waals surface area contributed by atoms with Crippen LogP contribution >= 0.6 is 23.5 Å². The van der Waals surface area contributed by atoms with Gasteiger partial charge in [0.2, 0.25) is 6.79 Å². The monoisotopic (exact) mass is 368 g/mol. The lowest BCUT2D eigenvalue weighted by Gasteiger charge is -2.15. The van der Waals surface area contributed by atoms with Gasteiger partial charge in [0.05, 0.1) is 24.7 Å². The summed E-state index contributed by atoms with van der Waals surface area (Å²) in [5.41, 5.74) is 0. The predicted octanol–water partition coefficient (Wildman–Crippen LogP) is 2.51. The van der Waals surface area contributed by atoms with Crippen LogP contribution in [-0.2, 0) is 19.1 Å². The number of carbonyl (C=O) groups excluding carboxylic acids is 2. The topological polar surface area (TPSA) is 93.1 Å². The maximum atomic E-state index is 11.7. The predicted molar refractivity (Wildman–Crippen MR) is 93.0 cm³/mol. The summed E-state index contributed by atoms with van der Waals surface area (Å²) < 4.78 is 9.81. The van der Waals surface area contributed by atoms with Crippen LogP contribution in [0.1, 0.15) is 52.4 Å². The SMILES string of the molecule is CCCC(CC(=O)OCOC(=O)CC(CCC)SCO)SCO. The molecule has 2 N–H and O–H groups in total. The highest BCUT2D eigenvalue weighted by Gasteiger charge is 2.17. The number of rotatable bonds is 14. The van der Waals surface area contributed by atoms with Gasteiger partial charge in [-0.3, -0.25) is 9.59 Å². The molecule has 2 atom stereocenters. The fourth-order valence-corrected chi connectivity index (χ4v) is 3.73. The molecular weight excluding hydrogens is 340 g/mol. The van der Waals surface area contributed by atoms with Gasteiger partial charge in [-0.15, -0.1) is 23.5 Å². The Kier molecular flexibility index (Phi) is 14.8. The summed E-state index contributed by atoms with van der Waals surface area (Å²) in [7, 11) is 0. The molecule has 6 nitrogen and oxygen atoms in total. The highest BCUT2D eigenvalue weighted by atomic mass is 32.2. The van der Waals surface area contributed by atoms with Crippen LogP contribution in [-0.4, -0.2) is 51.3 Å². The van der Waals surface area contributed by atoms with Gasteiger partial charge in [0, 0.05) is 10.5 Å². The molecule has 0 saturated carbocycles. The molecule has 8 heteroatoms. The minimum atomic E-state index is -0.438. The normalized spacial score (nSPS) is 13.4. The second-order valence-corrected chi connectivity index (χ2v) is 7.49. The van der Waals surface area contributed by atoms with Crippen molar-refractivity contribution in [3.63, 3.8) is 0 Å². The van der Waals surface area contributed by atoms with Crippen molar-refractivity contribution in [2.45, 2.75) is 62.9 Å². The Balaban J connectivity index is 3.98. The van der Waals surface area contributed by atoms with Crippen molar-refractivity contribution >= 4 is 35.5 Å². The second-order valence-electron chi connectivity index (χ2n) is 4.97. The van der Waals surface area contributed by atoms with Gasteiger partial charge in [0.25, 0.3) is 0 Å². The molecule has 0 aliphatic carbocycles. The molecule has 136 valence electrons. The molecule has 0 aliphatic heterocycles.